The van der Waals surface area contributed by atoms with E-state index in [4.69, 9.17) is 23.2 Å². The van der Waals surface area contributed by atoms with Crippen molar-refractivity contribution in [2.75, 3.05) is 0 Å². The molecule has 0 aliphatic rings. The molecule has 9 heteroatoms. The van der Waals surface area contributed by atoms with Crippen LogP contribution in [0.3, 0.4) is 0 Å². The molecule has 25 heavy (non-hydrogen) atoms. The van der Waals surface area contributed by atoms with Gasteiger partial charge in [-0.05, 0) is 29.8 Å². The lowest BCUT2D eigenvalue weighted by molar-refractivity contribution is -0.384. The average molecular weight is 380 g/mol. The Morgan fingerprint density at radius 2 is 1.84 bits per heavy atom. The molecule has 0 saturated carbocycles. The van der Waals surface area contributed by atoms with Crippen molar-refractivity contribution in [2.45, 2.75) is 0 Å². The fourth-order valence-corrected chi connectivity index (χ4v) is 2.27. The van der Waals surface area contributed by atoms with E-state index in [1.165, 1.54) is 36.4 Å². The van der Waals surface area contributed by atoms with Gasteiger partial charge in [0.15, 0.2) is 0 Å². The molecule has 0 heterocycles. The minimum atomic E-state index is -0.685. The summed E-state index contributed by atoms with van der Waals surface area (Å²) in [5.74, 6) is -1.29. The van der Waals surface area contributed by atoms with Crippen molar-refractivity contribution in [3.63, 3.8) is 0 Å². The van der Waals surface area contributed by atoms with Crippen LogP contribution >= 0.6 is 23.2 Å². The Hall–Kier alpha value is -2.90. The molecule has 0 aliphatic carbocycles. The highest BCUT2D eigenvalue weighted by molar-refractivity contribution is 6.35. The van der Waals surface area contributed by atoms with E-state index >= 15 is 0 Å². The van der Waals surface area contributed by atoms with Crippen LogP contribution in [0.25, 0.3) is 6.08 Å². The van der Waals surface area contributed by atoms with E-state index in [0.717, 1.165) is 6.07 Å². The van der Waals surface area contributed by atoms with Crippen LogP contribution in [0, 0.1) is 10.1 Å². The number of non-ortho nitro benzene ring substituents is 1. The van der Waals surface area contributed by atoms with Gasteiger partial charge < -0.3 is 0 Å². The molecule has 2 aromatic carbocycles. The van der Waals surface area contributed by atoms with E-state index < -0.39 is 16.7 Å². The Bertz CT molecular complexity index is 868. The van der Waals surface area contributed by atoms with Gasteiger partial charge in [0.2, 0.25) is 0 Å². The van der Waals surface area contributed by atoms with E-state index in [0.29, 0.717) is 15.6 Å². The second-order valence-corrected chi connectivity index (χ2v) is 5.59. The number of hydrazine groups is 1. The predicted octanol–water partition coefficient (Wildman–Crippen LogP) is 3.38. The third kappa shape index (κ3) is 5.30. The molecule has 7 nitrogen and oxygen atoms in total. The summed E-state index contributed by atoms with van der Waals surface area (Å²) in [5, 5.41) is 11.5. The Morgan fingerprint density at radius 1 is 1.08 bits per heavy atom. The molecule has 0 aliphatic heterocycles. The van der Waals surface area contributed by atoms with Crippen molar-refractivity contribution in [3.8, 4) is 0 Å². The van der Waals surface area contributed by atoms with Crippen molar-refractivity contribution in [1.82, 2.24) is 10.9 Å². The summed E-state index contributed by atoms with van der Waals surface area (Å²) in [6, 6.07) is 9.91. The third-order valence-electron chi connectivity index (χ3n) is 3.00. The van der Waals surface area contributed by atoms with Crippen molar-refractivity contribution in [1.29, 1.82) is 0 Å². The smallest absolute Gasteiger partial charge is 0.268 e. The number of nitro benzene ring substituents is 1. The zero-order chi connectivity index (χ0) is 18.4. The standard InChI is InChI=1S/C16H11Cl2N3O4/c17-12-6-4-10(14(18)9-12)5-7-15(22)19-20-16(23)11-2-1-3-13(8-11)21(24)25/h1-9H,(H,19,22)(H,20,23)/b7-5+. The average Bonchev–Trinajstić information content (AvgIpc) is 2.59. The first-order valence-corrected chi connectivity index (χ1v) is 7.60. The van der Waals surface area contributed by atoms with Gasteiger partial charge >= 0.3 is 0 Å². The number of halogens is 2. The summed E-state index contributed by atoms with van der Waals surface area (Å²) in [7, 11) is 0. The Labute approximate surface area is 152 Å². The normalized spacial score (nSPS) is 10.5. The third-order valence-corrected chi connectivity index (χ3v) is 3.56. The van der Waals surface area contributed by atoms with E-state index in [1.807, 2.05) is 0 Å². The van der Waals surface area contributed by atoms with Gasteiger partial charge in [0.25, 0.3) is 17.5 Å². The second kappa shape index (κ2) is 8.27. The highest BCUT2D eigenvalue weighted by Crippen LogP contribution is 2.21. The first-order chi connectivity index (χ1) is 11.9. The van der Waals surface area contributed by atoms with E-state index in [-0.39, 0.29) is 11.3 Å². The van der Waals surface area contributed by atoms with E-state index in [1.54, 1.807) is 12.1 Å². The van der Waals surface area contributed by atoms with Crippen molar-refractivity contribution in [2.24, 2.45) is 0 Å². The van der Waals surface area contributed by atoms with Crippen molar-refractivity contribution < 1.29 is 14.5 Å². The molecule has 0 unspecified atom stereocenters. The molecule has 0 saturated heterocycles. The van der Waals surface area contributed by atoms with Crippen LogP contribution in [-0.4, -0.2) is 16.7 Å². The number of hydrogen-bond donors (Lipinski definition) is 2. The molecule has 128 valence electrons. The molecule has 0 bridgehead atoms. The molecule has 2 aromatic rings. The molecule has 0 aromatic heterocycles. The SMILES string of the molecule is O=C(/C=C/c1ccc(Cl)cc1Cl)NNC(=O)c1cccc([N+](=O)[O-])c1. The maximum atomic E-state index is 11.9. The number of carbonyl (C=O) groups excluding carboxylic acids is 2. The van der Waals surface area contributed by atoms with Crippen LogP contribution in [0.2, 0.25) is 10.0 Å². The number of benzene rings is 2. The molecule has 2 N–H and O–H groups in total. The first kappa shape index (κ1) is 18.4. The fraction of sp³-hybridized carbons (Fsp3) is 0. The summed E-state index contributed by atoms with van der Waals surface area (Å²) in [6.07, 6.45) is 2.62. The largest absolute Gasteiger partial charge is 0.270 e. The van der Waals surface area contributed by atoms with Crippen LogP contribution in [-0.2, 0) is 4.79 Å². The lowest BCUT2D eigenvalue weighted by Crippen LogP contribution is -2.40. The molecule has 0 atom stereocenters. The van der Waals surface area contributed by atoms with Crippen molar-refractivity contribution in [3.05, 3.63) is 79.8 Å². The molecule has 0 radical (unpaired) electrons. The van der Waals surface area contributed by atoms with Crippen LogP contribution in [0.1, 0.15) is 15.9 Å². The van der Waals surface area contributed by atoms with Crippen LogP contribution in [0.4, 0.5) is 5.69 Å². The van der Waals surface area contributed by atoms with Crippen LogP contribution in [0.15, 0.2) is 48.5 Å². The van der Waals surface area contributed by atoms with Gasteiger partial charge in [-0.1, -0.05) is 35.3 Å². The van der Waals surface area contributed by atoms with Crippen LogP contribution < -0.4 is 10.9 Å². The maximum Gasteiger partial charge on any atom is 0.270 e. The summed E-state index contributed by atoms with van der Waals surface area (Å²) < 4.78 is 0. The summed E-state index contributed by atoms with van der Waals surface area (Å²) in [6.45, 7) is 0. The Balaban J connectivity index is 1.95. The fourth-order valence-electron chi connectivity index (χ4n) is 1.80. The summed E-state index contributed by atoms with van der Waals surface area (Å²) >= 11 is 11.7. The highest BCUT2D eigenvalue weighted by atomic mass is 35.5. The van der Waals surface area contributed by atoms with Gasteiger partial charge in [-0.25, -0.2) is 0 Å². The zero-order valence-electron chi connectivity index (χ0n) is 12.5. The molecule has 0 spiro atoms. The molecule has 2 rings (SSSR count). The second-order valence-electron chi connectivity index (χ2n) is 4.75. The van der Waals surface area contributed by atoms with Gasteiger partial charge in [-0.15, -0.1) is 0 Å². The maximum absolute atomic E-state index is 11.9. The number of hydrogen-bond acceptors (Lipinski definition) is 4. The lowest BCUT2D eigenvalue weighted by atomic mass is 10.2. The van der Waals surface area contributed by atoms with Crippen LogP contribution in [0.5, 0.6) is 0 Å². The monoisotopic (exact) mass is 379 g/mol. The Kier molecular flexibility index (Phi) is 6.10. The minimum absolute atomic E-state index is 0.0409. The molecule has 0 fully saturated rings. The van der Waals surface area contributed by atoms with Gasteiger partial charge in [0.1, 0.15) is 0 Å². The number of amides is 2. The summed E-state index contributed by atoms with van der Waals surface area (Å²) in [4.78, 5) is 33.7. The molecule has 2 amide bonds. The van der Waals surface area contributed by atoms with Gasteiger partial charge in [0, 0.05) is 33.8 Å². The van der Waals surface area contributed by atoms with Gasteiger partial charge in [-0.3, -0.25) is 30.6 Å². The molecular weight excluding hydrogens is 369 g/mol. The number of carbonyl (C=O) groups is 2. The number of rotatable bonds is 4. The first-order valence-electron chi connectivity index (χ1n) is 6.85. The quantitative estimate of drug-likeness (QED) is 0.482. The van der Waals surface area contributed by atoms with Gasteiger partial charge in [0.05, 0.1) is 4.92 Å². The summed E-state index contributed by atoms with van der Waals surface area (Å²) in [5.41, 5.74) is 4.72. The van der Waals surface area contributed by atoms with E-state index in [9.17, 15) is 19.7 Å². The van der Waals surface area contributed by atoms with Crippen molar-refractivity contribution >= 4 is 46.8 Å². The number of nitro groups is 1. The number of nitrogens with one attached hydrogen (secondary N) is 2. The highest BCUT2D eigenvalue weighted by Gasteiger charge is 2.11. The topological polar surface area (TPSA) is 101 Å². The molecular formula is C16H11Cl2N3O4. The zero-order valence-corrected chi connectivity index (χ0v) is 14.0. The lowest BCUT2D eigenvalue weighted by Gasteiger charge is -2.05. The Morgan fingerprint density at radius 3 is 2.52 bits per heavy atom. The minimum Gasteiger partial charge on any atom is -0.268 e. The predicted molar refractivity (Wildman–Crippen MR) is 94.2 cm³/mol. The van der Waals surface area contributed by atoms with Gasteiger partial charge in [-0.2, -0.15) is 0 Å². The van der Waals surface area contributed by atoms with E-state index in [2.05, 4.69) is 10.9 Å². The number of nitrogens with zero attached hydrogens (tertiary/aromatic N) is 1.